The van der Waals surface area contributed by atoms with Crippen molar-refractivity contribution in [3.63, 3.8) is 0 Å². The van der Waals surface area contributed by atoms with Crippen LogP contribution in [0.4, 0.5) is 0 Å². The van der Waals surface area contributed by atoms with Gasteiger partial charge in [0.05, 0.1) is 4.90 Å². The third kappa shape index (κ3) is 6.54. The van der Waals surface area contributed by atoms with E-state index in [9.17, 15) is 22.8 Å². The fourth-order valence-electron chi connectivity index (χ4n) is 3.73. The maximum atomic E-state index is 12.9. The third-order valence-electron chi connectivity index (χ3n) is 5.71. The minimum atomic E-state index is -3.73. The fraction of sp³-hybridized carbons (Fsp3) is 0.609. The van der Waals surface area contributed by atoms with Gasteiger partial charge in [-0.25, -0.2) is 13.2 Å². The summed E-state index contributed by atoms with van der Waals surface area (Å²) in [5, 5.41) is 2.64. The van der Waals surface area contributed by atoms with Crippen LogP contribution in [-0.4, -0.2) is 73.7 Å². The van der Waals surface area contributed by atoms with E-state index in [4.69, 9.17) is 4.74 Å². The van der Waals surface area contributed by atoms with Crippen LogP contribution in [0.2, 0.25) is 0 Å². The van der Waals surface area contributed by atoms with Crippen molar-refractivity contribution in [2.75, 3.05) is 26.2 Å². The predicted molar refractivity (Wildman–Crippen MR) is 124 cm³/mol. The topological polar surface area (TPSA) is 113 Å². The van der Waals surface area contributed by atoms with Crippen LogP contribution < -0.4 is 5.32 Å². The molecule has 0 spiro atoms. The van der Waals surface area contributed by atoms with Crippen molar-refractivity contribution in [1.82, 2.24) is 14.5 Å². The van der Waals surface area contributed by atoms with Crippen molar-refractivity contribution in [3.8, 4) is 0 Å². The first-order valence-electron chi connectivity index (χ1n) is 11.4. The average molecular weight is 482 g/mol. The average Bonchev–Trinajstić information content (AvgIpc) is 3.32. The largest absolute Gasteiger partial charge is 0.451 e. The zero-order valence-electron chi connectivity index (χ0n) is 20.0. The molecule has 2 unspecified atom stereocenters. The molecule has 2 amide bonds. The number of nitrogens with zero attached hydrogens (tertiary/aromatic N) is 2. The standard InChI is InChI=1S/C23H35N3O6S/c1-6-26(7-2)33(30,31)19-12-10-11-18(15-19)21(27)24-20(16(3)4)23(29)32-17(5)22(28)25-13-8-9-14-25/h10-12,15-17,20H,6-9,13-14H2,1-5H3,(H,24,27). The first kappa shape index (κ1) is 26.8. The van der Waals surface area contributed by atoms with Gasteiger partial charge in [-0.15, -0.1) is 0 Å². The Bertz CT molecular complexity index is 953. The lowest BCUT2D eigenvalue weighted by molar-refractivity contribution is -0.161. The fourth-order valence-corrected chi connectivity index (χ4v) is 5.23. The Morgan fingerprint density at radius 1 is 1.09 bits per heavy atom. The number of benzene rings is 1. The van der Waals surface area contributed by atoms with Crippen LogP contribution in [0.3, 0.4) is 0 Å². The van der Waals surface area contributed by atoms with Gasteiger partial charge in [-0.1, -0.05) is 33.8 Å². The highest BCUT2D eigenvalue weighted by atomic mass is 32.2. The highest BCUT2D eigenvalue weighted by Gasteiger charge is 2.32. The summed E-state index contributed by atoms with van der Waals surface area (Å²) in [7, 11) is -3.73. The van der Waals surface area contributed by atoms with Crippen molar-refractivity contribution in [2.24, 2.45) is 5.92 Å². The number of hydrogen-bond donors (Lipinski definition) is 1. The van der Waals surface area contributed by atoms with Gasteiger partial charge >= 0.3 is 5.97 Å². The first-order chi connectivity index (χ1) is 15.5. The summed E-state index contributed by atoms with van der Waals surface area (Å²) in [4.78, 5) is 39.8. The highest BCUT2D eigenvalue weighted by Crippen LogP contribution is 2.18. The molecule has 1 saturated heterocycles. The van der Waals surface area contributed by atoms with Crippen molar-refractivity contribution < 1.29 is 27.5 Å². The molecular formula is C23H35N3O6S. The van der Waals surface area contributed by atoms with Gasteiger partial charge < -0.3 is 15.0 Å². The molecule has 1 heterocycles. The van der Waals surface area contributed by atoms with Gasteiger partial charge in [-0.05, 0) is 43.9 Å². The van der Waals surface area contributed by atoms with Gasteiger partial charge in [0.25, 0.3) is 11.8 Å². The van der Waals surface area contributed by atoms with E-state index in [1.165, 1.54) is 35.5 Å². The molecular weight excluding hydrogens is 446 g/mol. The lowest BCUT2D eigenvalue weighted by atomic mass is 10.0. The minimum absolute atomic E-state index is 0.00681. The normalized spacial score (nSPS) is 16.0. The maximum absolute atomic E-state index is 12.9. The number of sulfonamides is 1. The summed E-state index contributed by atoms with van der Waals surface area (Å²) in [5.74, 6) is -1.85. The number of rotatable bonds is 10. The van der Waals surface area contributed by atoms with Crippen LogP contribution >= 0.6 is 0 Å². The Morgan fingerprint density at radius 2 is 1.70 bits per heavy atom. The maximum Gasteiger partial charge on any atom is 0.329 e. The van der Waals surface area contributed by atoms with E-state index >= 15 is 0 Å². The summed E-state index contributed by atoms with van der Waals surface area (Å²) in [5.41, 5.74) is 0.114. The number of amides is 2. The van der Waals surface area contributed by atoms with E-state index in [-0.39, 0.29) is 22.3 Å². The summed E-state index contributed by atoms with van der Waals surface area (Å²) < 4.78 is 32.3. The number of carbonyl (C=O) groups excluding carboxylic acids is 3. The second kappa shape index (κ2) is 11.6. The SMILES string of the molecule is CCN(CC)S(=O)(=O)c1cccc(C(=O)NC(C(=O)OC(C)C(=O)N2CCCC2)C(C)C)c1. The Labute approximate surface area is 196 Å². The zero-order chi connectivity index (χ0) is 24.8. The number of esters is 1. The van der Waals surface area contributed by atoms with E-state index in [2.05, 4.69) is 5.32 Å². The molecule has 0 aliphatic carbocycles. The van der Waals surface area contributed by atoms with Crippen LogP contribution in [-0.2, 0) is 24.3 Å². The number of likely N-dealkylation sites (tertiary alicyclic amines) is 1. The highest BCUT2D eigenvalue weighted by molar-refractivity contribution is 7.89. The first-order valence-corrected chi connectivity index (χ1v) is 12.9. The molecule has 0 saturated carbocycles. The van der Waals surface area contributed by atoms with Crippen molar-refractivity contribution >= 4 is 27.8 Å². The molecule has 1 aliphatic heterocycles. The Morgan fingerprint density at radius 3 is 2.24 bits per heavy atom. The monoisotopic (exact) mass is 481 g/mol. The lowest BCUT2D eigenvalue weighted by Gasteiger charge is -2.25. The van der Waals surface area contributed by atoms with Crippen molar-refractivity contribution in [2.45, 2.75) is 64.5 Å². The van der Waals surface area contributed by atoms with E-state index in [0.717, 1.165) is 12.8 Å². The minimum Gasteiger partial charge on any atom is -0.451 e. The van der Waals surface area contributed by atoms with Gasteiger partial charge in [-0.3, -0.25) is 9.59 Å². The second-order valence-electron chi connectivity index (χ2n) is 8.42. The Kier molecular flexibility index (Phi) is 9.42. The Hall–Kier alpha value is -2.46. The van der Waals surface area contributed by atoms with Crippen LogP contribution in [0, 0.1) is 5.92 Å². The molecule has 184 valence electrons. The quantitative estimate of drug-likeness (QED) is 0.512. The molecule has 33 heavy (non-hydrogen) atoms. The van der Waals surface area contributed by atoms with E-state index in [1.54, 1.807) is 32.6 Å². The molecule has 1 aromatic rings. The molecule has 1 aromatic carbocycles. The number of nitrogens with one attached hydrogen (secondary N) is 1. The summed E-state index contributed by atoms with van der Waals surface area (Å²) in [6.45, 7) is 10.4. The molecule has 2 rings (SSSR count). The number of ether oxygens (including phenoxy) is 1. The molecule has 10 heteroatoms. The van der Waals surface area contributed by atoms with Gasteiger partial charge in [0.15, 0.2) is 6.10 Å². The van der Waals surface area contributed by atoms with Gasteiger partial charge in [-0.2, -0.15) is 4.31 Å². The van der Waals surface area contributed by atoms with Crippen LogP contribution in [0.15, 0.2) is 29.2 Å². The molecule has 1 N–H and O–H groups in total. The molecule has 0 bridgehead atoms. The van der Waals surface area contributed by atoms with E-state index in [0.29, 0.717) is 26.2 Å². The molecule has 2 atom stereocenters. The van der Waals surface area contributed by atoms with Crippen LogP contribution in [0.5, 0.6) is 0 Å². The number of hydrogen-bond acceptors (Lipinski definition) is 6. The molecule has 1 fully saturated rings. The van der Waals surface area contributed by atoms with Gasteiger partial charge in [0, 0.05) is 31.7 Å². The van der Waals surface area contributed by atoms with E-state index < -0.39 is 34.0 Å². The molecule has 9 nitrogen and oxygen atoms in total. The van der Waals surface area contributed by atoms with Crippen LogP contribution in [0.1, 0.15) is 57.8 Å². The molecule has 1 aliphatic rings. The van der Waals surface area contributed by atoms with Crippen LogP contribution in [0.25, 0.3) is 0 Å². The Balaban J connectivity index is 2.14. The van der Waals surface area contributed by atoms with E-state index in [1.807, 2.05) is 0 Å². The smallest absolute Gasteiger partial charge is 0.329 e. The summed E-state index contributed by atoms with van der Waals surface area (Å²) in [6.07, 6.45) is 0.914. The second-order valence-corrected chi connectivity index (χ2v) is 10.4. The molecule has 0 radical (unpaired) electrons. The van der Waals surface area contributed by atoms with Crippen molar-refractivity contribution in [1.29, 1.82) is 0 Å². The van der Waals surface area contributed by atoms with Gasteiger partial charge in [0.2, 0.25) is 10.0 Å². The molecule has 0 aromatic heterocycles. The predicted octanol–water partition coefficient (Wildman–Crippen LogP) is 2.03. The zero-order valence-corrected chi connectivity index (χ0v) is 20.9. The van der Waals surface area contributed by atoms with Gasteiger partial charge in [0.1, 0.15) is 6.04 Å². The number of carbonyl (C=O) groups is 3. The summed E-state index contributed by atoms with van der Waals surface area (Å²) in [6, 6.07) is 4.72. The summed E-state index contributed by atoms with van der Waals surface area (Å²) >= 11 is 0. The lowest BCUT2D eigenvalue weighted by Crippen LogP contribution is -2.48. The third-order valence-corrected chi connectivity index (χ3v) is 7.75. The van der Waals surface area contributed by atoms with Crippen molar-refractivity contribution in [3.05, 3.63) is 29.8 Å².